The van der Waals surface area contributed by atoms with Gasteiger partial charge in [-0.05, 0) is 19.1 Å². The first kappa shape index (κ1) is 19.1. The maximum atomic E-state index is 5.48. The minimum atomic E-state index is 0.456. The molecule has 1 unspecified atom stereocenters. The van der Waals surface area contributed by atoms with Gasteiger partial charge in [-0.3, -0.25) is 4.98 Å². The highest BCUT2D eigenvalue weighted by Crippen LogP contribution is 2.31. The van der Waals surface area contributed by atoms with Gasteiger partial charge in [-0.25, -0.2) is 4.98 Å². The fraction of sp³-hybridized carbons (Fsp3) is 0.391. The Hall–Kier alpha value is -2.90. The number of pyridine rings is 2. The number of morpholine rings is 1. The summed E-state index contributed by atoms with van der Waals surface area (Å²) in [6.45, 7) is 8.43. The second-order valence-corrected chi connectivity index (χ2v) is 8.00. The molecule has 5 rings (SSSR count). The van der Waals surface area contributed by atoms with E-state index in [0.717, 1.165) is 79.7 Å². The quantitative estimate of drug-likeness (QED) is 0.693. The van der Waals surface area contributed by atoms with E-state index in [4.69, 9.17) is 9.72 Å². The second-order valence-electron chi connectivity index (χ2n) is 8.00. The average molecular weight is 405 g/mol. The third-order valence-electron chi connectivity index (χ3n) is 5.77. The Labute approximate surface area is 177 Å². The number of benzene rings is 1. The molecule has 0 saturated carbocycles. The van der Waals surface area contributed by atoms with E-state index in [9.17, 15) is 0 Å². The van der Waals surface area contributed by atoms with Crippen molar-refractivity contribution >= 4 is 33.8 Å². The molecule has 156 valence electrons. The van der Waals surface area contributed by atoms with Gasteiger partial charge in [0.05, 0.1) is 48.2 Å². The summed E-state index contributed by atoms with van der Waals surface area (Å²) in [4.78, 5) is 14.1. The molecule has 0 bridgehead atoms. The van der Waals surface area contributed by atoms with Crippen LogP contribution in [0.15, 0.2) is 48.8 Å². The van der Waals surface area contributed by atoms with Gasteiger partial charge in [0.15, 0.2) is 0 Å². The summed E-state index contributed by atoms with van der Waals surface area (Å²) in [5, 5.41) is 8.23. The lowest BCUT2D eigenvalue weighted by atomic mass is 10.1. The summed E-state index contributed by atoms with van der Waals surface area (Å²) in [5.41, 5.74) is 4.16. The molecule has 3 aromatic rings. The molecule has 0 spiro atoms. The van der Waals surface area contributed by atoms with Crippen molar-refractivity contribution in [1.29, 1.82) is 0 Å². The highest BCUT2D eigenvalue weighted by molar-refractivity contribution is 5.95. The molecule has 2 aliphatic heterocycles. The van der Waals surface area contributed by atoms with Crippen LogP contribution >= 0.6 is 0 Å². The summed E-state index contributed by atoms with van der Waals surface area (Å²) in [6, 6.07) is 13.1. The Morgan fingerprint density at radius 2 is 1.93 bits per heavy atom. The van der Waals surface area contributed by atoms with Gasteiger partial charge in [0.25, 0.3) is 0 Å². The first-order valence-electron chi connectivity index (χ1n) is 10.7. The highest BCUT2D eigenvalue weighted by Gasteiger charge is 2.19. The molecule has 0 amide bonds. The number of nitrogens with zero attached hydrogens (tertiary/aromatic N) is 4. The molecule has 2 aromatic heterocycles. The van der Waals surface area contributed by atoms with Gasteiger partial charge in [0, 0.05) is 50.2 Å². The van der Waals surface area contributed by atoms with E-state index < -0.39 is 0 Å². The lowest BCUT2D eigenvalue weighted by Crippen LogP contribution is -2.49. The fourth-order valence-corrected chi connectivity index (χ4v) is 4.21. The number of piperazine rings is 1. The number of nitrogens with one attached hydrogen (secondary N) is 2. The smallest absolute Gasteiger partial charge is 0.131 e. The van der Waals surface area contributed by atoms with Crippen LogP contribution in [-0.2, 0) is 4.74 Å². The standard InChI is InChI=1S/C23H28N6O/c1-17-16-29(7-6-25-17)23-13-22(20-4-2-3-5-21(20)27-23)26-18-12-19(15-24-14-18)28-8-10-30-11-9-28/h2-5,12-15,17,25H,6-11,16H2,1H3,(H,26,27). The molecule has 30 heavy (non-hydrogen) atoms. The van der Waals surface area contributed by atoms with Crippen LogP contribution in [0.2, 0.25) is 0 Å². The molecule has 0 radical (unpaired) electrons. The molecule has 2 saturated heterocycles. The highest BCUT2D eigenvalue weighted by atomic mass is 16.5. The van der Waals surface area contributed by atoms with Crippen LogP contribution in [0.4, 0.5) is 22.9 Å². The van der Waals surface area contributed by atoms with Crippen LogP contribution < -0.4 is 20.4 Å². The number of para-hydroxylation sites is 1. The minimum absolute atomic E-state index is 0.456. The monoisotopic (exact) mass is 404 g/mol. The van der Waals surface area contributed by atoms with Crippen LogP contribution in [0.3, 0.4) is 0 Å². The molecule has 7 heteroatoms. The van der Waals surface area contributed by atoms with Gasteiger partial charge in [-0.2, -0.15) is 0 Å². The molecule has 2 N–H and O–H groups in total. The summed E-state index contributed by atoms with van der Waals surface area (Å²) >= 11 is 0. The fourth-order valence-electron chi connectivity index (χ4n) is 4.21. The maximum Gasteiger partial charge on any atom is 0.131 e. The number of hydrogen-bond acceptors (Lipinski definition) is 7. The van der Waals surface area contributed by atoms with Crippen molar-refractivity contribution in [3.05, 3.63) is 48.8 Å². The first-order chi connectivity index (χ1) is 14.8. The van der Waals surface area contributed by atoms with Crippen molar-refractivity contribution in [3.63, 3.8) is 0 Å². The molecule has 2 fully saturated rings. The van der Waals surface area contributed by atoms with E-state index in [2.05, 4.69) is 62.7 Å². The predicted octanol–water partition coefficient (Wildman–Crippen LogP) is 3.01. The summed E-state index contributed by atoms with van der Waals surface area (Å²) in [5.74, 6) is 1.02. The van der Waals surface area contributed by atoms with Crippen LogP contribution in [0, 0.1) is 0 Å². The van der Waals surface area contributed by atoms with E-state index in [1.165, 1.54) is 0 Å². The zero-order valence-corrected chi connectivity index (χ0v) is 17.3. The maximum absolute atomic E-state index is 5.48. The van der Waals surface area contributed by atoms with E-state index in [1.807, 2.05) is 18.5 Å². The van der Waals surface area contributed by atoms with Gasteiger partial charge in [-0.1, -0.05) is 18.2 Å². The van der Waals surface area contributed by atoms with Crippen LogP contribution in [0.25, 0.3) is 10.9 Å². The zero-order valence-electron chi connectivity index (χ0n) is 17.3. The molecule has 0 aliphatic carbocycles. The van der Waals surface area contributed by atoms with Crippen molar-refractivity contribution in [3.8, 4) is 0 Å². The zero-order chi connectivity index (χ0) is 20.3. The summed E-state index contributed by atoms with van der Waals surface area (Å²) in [6.07, 6.45) is 3.81. The molecule has 1 aromatic carbocycles. The van der Waals surface area contributed by atoms with Crippen LogP contribution in [-0.4, -0.2) is 61.9 Å². The van der Waals surface area contributed by atoms with E-state index in [0.29, 0.717) is 6.04 Å². The Balaban J connectivity index is 1.47. The molecule has 1 atom stereocenters. The van der Waals surface area contributed by atoms with Crippen molar-refractivity contribution in [2.24, 2.45) is 0 Å². The number of ether oxygens (including phenoxy) is 1. The summed E-state index contributed by atoms with van der Waals surface area (Å²) in [7, 11) is 0. The van der Waals surface area contributed by atoms with Crippen molar-refractivity contribution in [2.45, 2.75) is 13.0 Å². The normalized spacial score (nSPS) is 19.8. The van der Waals surface area contributed by atoms with Gasteiger partial charge < -0.3 is 25.2 Å². The Kier molecular flexibility index (Phi) is 5.38. The van der Waals surface area contributed by atoms with E-state index in [1.54, 1.807) is 0 Å². The largest absolute Gasteiger partial charge is 0.378 e. The van der Waals surface area contributed by atoms with Crippen LogP contribution in [0.1, 0.15) is 6.92 Å². The lowest BCUT2D eigenvalue weighted by Gasteiger charge is -2.33. The molecule has 7 nitrogen and oxygen atoms in total. The van der Waals surface area contributed by atoms with Crippen molar-refractivity contribution < 1.29 is 4.74 Å². The van der Waals surface area contributed by atoms with Crippen LogP contribution in [0.5, 0.6) is 0 Å². The number of rotatable bonds is 4. The summed E-state index contributed by atoms with van der Waals surface area (Å²) < 4.78 is 5.48. The predicted molar refractivity (Wildman–Crippen MR) is 122 cm³/mol. The van der Waals surface area contributed by atoms with Crippen molar-refractivity contribution in [2.75, 3.05) is 61.1 Å². The van der Waals surface area contributed by atoms with Gasteiger partial charge in [0.1, 0.15) is 5.82 Å². The molecule has 4 heterocycles. The Morgan fingerprint density at radius 3 is 2.80 bits per heavy atom. The second kappa shape index (κ2) is 8.45. The van der Waals surface area contributed by atoms with E-state index >= 15 is 0 Å². The van der Waals surface area contributed by atoms with Crippen molar-refractivity contribution in [1.82, 2.24) is 15.3 Å². The van der Waals surface area contributed by atoms with Gasteiger partial charge in [0.2, 0.25) is 0 Å². The first-order valence-corrected chi connectivity index (χ1v) is 10.7. The van der Waals surface area contributed by atoms with Gasteiger partial charge in [-0.15, -0.1) is 0 Å². The lowest BCUT2D eigenvalue weighted by molar-refractivity contribution is 0.122. The van der Waals surface area contributed by atoms with E-state index in [-0.39, 0.29) is 0 Å². The third kappa shape index (κ3) is 4.04. The molecule has 2 aliphatic rings. The number of anilines is 4. The topological polar surface area (TPSA) is 65.5 Å². The Bertz CT molecular complexity index is 1020. The van der Waals surface area contributed by atoms with Gasteiger partial charge >= 0.3 is 0 Å². The number of fused-ring (bicyclic) bond motifs is 1. The average Bonchev–Trinajstić information content (AvgIpc) is 2.80. The molecular weight excluding hydrogens is 376 g/mol. The third-order valence-corrected chi connectivity index (χ3v) is 5.77. The minimum Gasteiger partial charge on any atom is -0.378 e. The SMILES string of the molecule is CC1CN(c2cc(Nc3cncc(N4CCOCC4)c3)c3ccccc3n2)CCN1. The number of aromatic nitrogens is 2. The number of hydrogen-bond donors (Lipinski definition) is 2. The Morgan fingerprint density at radius 1 is 1.07 bits per heavy atom. The molecular formula is C23H28N6O.